The van der Waals surface area contributed by atoms with Gasteiger partial charge >= 0.3 is 0 Å². The zero-order valence-electron chi connectivity index (χ0n) is 10.0. The lowest BCUT2D eigenvalue weighted by molar-refractivity contribution is -0.150. The maximum atomic E-state index is 13.1. The number of hydrogen-bond donors (Lipinski definition) is 1. The van der Waals surface area contributed by atoms with Crippen LogP contribution in [0.3, 0.4) is 0 Å². The molecular formula is C13H16FNO3. The van der Waals surface area contributed by atoms with Crippen LogP contribution in [-0.2, 0) is 16.1 Å². The molecule has 1 aliphatic rings. The Balaban J connectivity index is 2.00. The average Bonchev–Trinajstić information content (AvgIpc) is 2.34. The largest absolute Gasteiger partial charge is 0.396 e. The van der Waals surface area contributed by atoms with E-state index < -0.39 is 0 Å². The number of carbonyl (C=O) groups excluding carboxylic acids is 1. The summed E-state index contributed by atoms with van der Waals surface area (Å²) >= 11 is 0. The van der Waals surface area contributed by atoms with Crippen LogP contribution in [0.5, 0.6) is 0 Å². The minimum atomic E-state index is -0.305. The van der Waals surface area contributed by atoms with Crippen LogP contribution in [0.25, 0.3) is 0 Å². The van der Waals surface area contributed by atoms with Gasteiger partial charge in [-0.1, -0.05) is 12.1 Å². The number of carbonyl (C=O) groups is 1. The fourth-order valence-electron chi connectivity index (χ4n) is 2.01. The molecule has 18 heavy (non-hydrogen) atoms. The SMILES string of the molecule is O=C1COC(CCO)CN1Cc1cccc(F)c1. The lowest BCUT2D eigenvalue weighted by Gasteiger charge is -2.32. The molecule has 0 radical (unpaired) electrons. The van der Waals surface area contributed by atoms with Crippen molar-refractivity contribution in [2.24, 2.45) is 0 Å². The van der Waals surface area contributed by atoms with E-state index >= 15 is 0 Å². The monoisotopic (exact) mass is 253 g/mol. The standard InChI is InChI=1S/C13H16FNO3/c14-11-3-1-2-10(6-11)7-15-8-12(4-5-16)18-9-13(15)17/h1-3,6,12,16H,4-5,7-9H2. The zero-order valence-corrected chi connectivity index (χ0v) is 10.0. The van der Waals surface area contributed by atoms with Crippen molar-refractivity contribution in [3.05, 3.63) is 35.6 Å². The lowest BCUT2D eigenvalue weighted by Crippen LogP contribution is -2.46. The molecule has 0 aliphatic carbocycles. The van der Waals surface area contributed by atoms with E-state index in [1.165, 1.54) is 12.1 Å². The van der Waals surface area contributed by atoms with E-state index in [9.17, 15) is 9.18 Å². The number of rotatable bonds is 4. The summed E-state index contributed by atoms with van der Waals surface area (Å²) < 4.78 is 18.4. The molecule has 0 aromatic heterocycles. The highest BCUT2D eigenvalue weighted by Gasteiger charge is 2.25. The molecule has 1 aliphatic heterocycles. The number of hydrogen-bond acceptors (Lipinski definition) is 3. The molecule has 1 atom stereocenters. The van der Waals surface area contributed by atoms with Crippen LogP contribution in [0.4, 0.5) is 4.39 Å². The highest BCUT2D eigenvalue weighted by atomic mass is 19.1. The molecule has 2 rings (SSSR count). The van der Waals surface area contributed by atoms with Crippen LogP contribution in [-0.4, -0.2) is 41.8 Å². The Bertz CT molecular complexity index is 424. The highest BCUT2D eigenvalue weighted by molar-refractivity contribution is 5.78. The maximum absolute atomic E-state index is 13.1. The average molecular weight is 253 g/mol. The van der Waals surface area contributed by atoms with Gasteiger partial charge in [-0.3, -0.25) is 4.79 Å². The van der Waals surface area contributed by atoms with Crippen LogP contribution in [0.1, 0.15) is 12.0 Å². The third-order valence-corrected chi connectivity index (χ3v) is 2.93. The normalized spacial score (nSPS) is 20.2. The first-order valence-electron chi connectivity index (χ1n) is 5.93. The molecular weight excluding hydrogens is 237 g/mol. The van der Waals surface area contributed by atoms with E-state index in [1.54, 1.807) is 17.0 Å². The number of halogens is 1. The predicted molar refractivity (Wildman–Crippen MR) is 63.3 cm³/mol. The van der Waals surface area contributed by atoms with Crippen LogP contribution in [0, 0.1) is 5.82 Å². The Morgan fingerprint density at radius 3 is 3.06 bits per heavy atom. The molecule has 1 saturated heterocycles. The molecule has 5 heteroatoms. The number of nitrogens with zero attached hydrogens (tertiary/aromatic N) is 1. The smallest absolute Gasteiger partial charge is 0.248 e. The van der Waals surface area contributed by atoms with Gasteiger partial charge in [-0.25, -0.2) is 4.39 Å². The second-order valence-corrected chi connectivity index (χ2v) is 4.35. The molecule has 1 heterocycles. The molecule has 0 saturated carbocycles. The summed E-state index contributed by atoms with van der Waals surface area (Å²) in [6, 6.07) is 6.21. The molecule has 1 fully saturated rings. The number of amides is 1. The van der Waals surface area contributed by atoms with Crippen molar-refractivity contribution in [3.8, 4) is 0 Å². The molecule has 1 amide bonds. The van der Waals surface area contributed by atoms with E-state index in [-0.39, 0.29) is 31.0 Å². The highest BCUT2D eigenvalue weighted by Crippen LogP contribution is 2.14. The summed E-state index contributed by atoms with van der Waals surface area (Å²) in [5.74, 6) is -0.409. The summed E-state index contributed by atoms with van der Waals surface area (Å²) in [4.78, 5) is 13.3. The fourth-order valence-corrected chi connectivity index (χ4v) is 2.01. The third-order valence-electron chi connectivity index (χ3n) is 2.93. The number of aliphatic hydroxyl groups is 1. The van der Waals surface area contributed by atoms with Crippen molar-refractivity contribution in [1.82, 2.24) is 4.90 Å². The first kappa shape index (κ1) is 13.0. The molecule has 1 unspecified atom stereocenters. The van der Waals surface area contributed by atoms with Crippen molar-refractivity contribution < 1.29 is 19.0 Å². The lowest BCUT2D eigenvalue weighted by atomic mass is 10.1. The summed E-state index contributed by atoms with van der Waals surface area (Å²) in [7, 11) is 0. The van der Waals surface area contributed by atoms with E-state index in [0.29, 0.717) is 19.5 Å². The second kappa shape index (κ2) is 5.93. The quantitative estimate of drug-likeness (QED) is 0.868. The number of benzene rings is 1. The van der Waals surface area contributed by atoms with Gasteiger partial charge in [-0.05, 0) is 24.1 Å². The molecule has 0 spiro atoms. The van der Waals surface area contributed by atoms with Crippen molar-refractivity contribution in [2.45, 2.75) is 19.1 Å². The Morgan fingerprint density at radius 2 is 2.33 bits per heavy atom. The first-order valence-corrected chi connectivity index (χ1v) is 5.93. The minimum Gasteiger partial charge on any atom is -0.396 e. The van der Waals surface area contributed by atoms with Gasteiger partial charge in [0.2, 0.25) is 5.91 Å². The van der Waals surface area contributed by atoms with Crippen molar-refractivity contribution in [1.29, 1.82) is 0 Å². The molecule has 0 bridgehead atoms. The molecule has 1 aromatic rings. The van der Waals surface area contributed by atoms with E-state index in [1.807, 2.05) is 0 Å². The summed E-state index contributed by atoms with van der Waals surface area (Å²) in [6.07, 6.45) is 0.369. The van der Waals surface area contributed by atoms with E-state index in [0.717, 1.165) is 5.56 Å². The Morgan fingerprint density at radius 1 is 1.50 bits per heavy atom. The summed E-state index contributed by atoms with van der Waals surface area (Å²) in [5, 5.41) is 8.86. The van der Waals surface area contributed by atoms with Crippen molar-refractivity contribution >= 4 is 5.91 Å². The van der Waals surface area contributed by atoms with Gasteiger partial charge in [0, 0.05) is 19.7 Å². The van der Waals surface area contributed by atoms with Crippen LogP contribution in [0.2, 0.25) is 0 Å². The Hall–Kier alpha value is -1.46. The van der Waals surface area contributed by atoms with Gasteiger partial charge in [-0.2, -0.15) is 0 Å². The maximum Gasteiger partial charge on any atom is 0.248 e. The fraction of sp³-hybridized carbons (Fsp3) is 0.462. The molecule has 4 nitrogen and oxygen atoms in total. The number of aliphatic hydroxyl groups excluding tert-OH is 1. The molecule has 1 aromatic carbocycles. The van der Waals surface area contributed by atoms with Gasteiger partial charge in [0.25, 0.3) is 0 Å². The van der Waals surface area contributed by atoms with Gasteiger partial charge in [0.05, 0.1) is 6.10 Å². The van der Waals surface area contributed by atoms with Gasteiger partial charge in [-0.15, -0.1) is 0 Å². The van der Waals surface area contributed by atoms with Crippen molar-refractivity contribution in [2.75, 3.05) is 19.8 Å². The third kappa shape index (κ3) is 3.27. The van der Waals surface area contributed by atoms with Crippen LogP contribution < -0.4 is 0 Å². The van der Waals surface area contributed by atoms with Crippen LogP contribution in [0.15, 0.2) is 24.3 Å². The summed E-state index contributed by atoms with van der Waals surface area (Å²) in [6.45, 7) is 0.879. The van der Waals surface area contributed by atoms with Gasteiger partial charge in [0.1, 0.15) is 12.4 Å². The van der Waals surface area contributed by atoms with Gasteiger partial charge in [0.15, 0.2) is 0 Å². The Kier molecular flexibility index (Phi) is 4.28. The number of ether oxygens (including phenoxy) is 1. The topological polar surface area (TPSA) is 49.8 Å². The van der Waals surface area contributed by atoms with Crippen LogP contribution >= 0.6 is 0 Å². The summed E-state index contributed by atoms with van der Waals surface area (Å²) in [5.41, 5.74) is 0.757. The van der Waals surface area contributed by atoms with Crippen molar-refractivity contribution in [3.63, 3.8) is 0 Å². The first-order chi connectivity index (χ1) is 8.69. The Labute approximate surface area is 105 Å². The second-order valence-electron chi connectivity index (χ2n) is 4.35. The van der Waals surface area contributed by atoms with E-state index in [4.69, 9.17) is 9.84 Å². The predicted octanol–water partition coefficient (Wildman–Crippen LogP) is 0.935. The van der Waals surface area contributed by atoms with Gasteiger partial charge < -0.3 is 14.7 Å². The zero-order chi connectivity index (χ0) is 13.0. The minimum absolute atomic E-state index is 0.0278. The molecule has 1 N–H and O–H groups in total. The molecule has 98 valence electrons. The van der Waals surface area contributed by atoms with E-state index in [2.05, 4.69) is 0 Å². The number of morpholine rings is 1.